The van der Waals surface area contributed by atoms with E-state index in [4.69, 9.17) is 49.1 Å². The molecule has 0 aliphatic heterocycles. The molecule has 21 heteroatoms. The highest BCUT2D eigenvalue weighted by atomic mass is 35.5. The molecule has 3 rings (SSSR count). The lowest BCUT2D eigenvalue weighted by atomic mass is 9.69. The molecule has 1 fully saturated rings. The smallest absolute Gasteiger partial charge is 0.370 e. The third-order valence-electron chi connectivity index (χ3n) is 8.57. The Bertz CT molecular complexity index is 1530. The quantitative estimate of drug-likeness (QED) is 0.0705. The molecular formula is C32H43Cl2N5O14. The molecule has 0 aromatic heterocycles. The van der Waals surface area contributed by atoms with E-state index in [1.54, 1.807) is 0 Å². The fourth-order valence-electron chi connectivity index (χ4n) is 5.48. The number of carbonyl (C=O) groups is 2. The Morgan fingerprint density at radius 1 is 0.792 bits per heavy atom. The number of benzene rings is 2. The zero-order valence-electron chi connectivity index (χ0n) is 28.0. The van der Waals surface area contributed by atoms with Crippen molar-refractivity contribution in [1.82, 2.24) is 5.23 Å². The van der Waals surface area contributed by atoms with Crippen LogP contribution in [0.15, 0.2) is 53.5 Å². The van der Waals surface area contributed by atoms with Crippen molar-refractivity contribution < 1.29 is 70.3 Å². The van der Waals surface area contributed by atoms with Crippen molar-refractivity contribution in [1.29, 1.82) is 5.41 Å². The number of aliphatic imine (C=N–C) groups is 1. The average Bonchev–Trinajstić information content (AvgIpc) is 3.14. The summed E-state index contributed by atoms with van der Waals surface area (Å²) in [5, 5.41) is 112. The lowest BCUT2D eigenvalue weighted by Gasteiger charge is -2.46. The third kappa shape index (κ3) is 10.3. The Kier molecular flexibility index (Phi) is 15.7. The molecule has 1 aliphatic rings. The van der Waals surface area contributed by atoms with Crippen LogP contribution in [0.3, 0.4) is 0 Å². The Hall–Kier alpha value is -3.70. The lowest BCUT2D eigenvalue weighted by Crippen LogP contribution is -2.69. The normalized spacial score (nSPS) is 22.9. The van der Waals surface area contributed by atoms with Crippen molar-refractivity contribution in [3.05, 3.63) is 58.6 Å². The summed E-state index contributed by atoms with van der Waals surface area (Å²) in [6.45, 7) is -2.18. The van der Waals surface area contributed by atoms with Gasteiger partial charge in [0.05, 0.1) is 13.2 Å². The maximum atomic E-state index is 13.8. The SMILES string of the molecule is N=C(/N=C(\N)N(OC(=O)C(O)C(O)C(O)C(O)CO)OC(=O)C1(O)CCCCCCC1(O)C(O)C(O)CO)N(c1ccc(Cl)cc1)c1ccc(Cl)cc1. The van der Waals surface area contributed by atoms with E-state index in [9.17, 15) is 55.5 Å². The van der Waals surface area contributed by atoms with Crippen molar-refractivity contribution >= 4 is 58.4 Å². The second kappa shape index (κ2) is 19.1. The van der Waals surface area contributed by atoms with E-state index in [1.165, 1.54) is 53.4 Å². The van der Waals surface area contributed by atoms with Crippen LogP contribution in [0.1, 0.15) is 38.5 Å². The first-order valence-electron chi connectivity index (χ1n) is 16.1. The third-order valence-corrected chi connectivity index (χ3v) is 9.07. The van der Waals surface area contributed by atoms with Crippen LogP contribution in [0, 0.1) is 5.41 Å². The zero-order chi connectivity index (χ0) is 39.7. The number of aliphatic hydroxyl groups excluding tert-OH is 8. The van der Waals surface area contributed by atoms with Crippen molar-refractivity contribution in [3.63, 3.8) is 0 Å². The monoisotopic (exact) mass is 791 g/mol. The molecule has 294 valence electrons. The van der Waals surface area contributed by atoms with E-state index in [0.29, 0.717) is 22.9 Å². The molecule has 2 aromatic rings. The van der Waals surface area contributed by atoms with Gasteiger partial charge in [-0.2, -0.15) is 4.99 Å². The van der Waals surface area contributed by atoms with Gasteiger partial charge in [-0.15, -0.1) is 0 Å². The van der Waals surface area contributed by atoms with Crippen molar-refractivity contribution in [2.75, 3.05) is 18.1 Å². The molecule has 0 saturated heterocycles. The van der Waals surface area contributed by atoms with Crippen LogP contribution in [0.4, 0.5) is 11.4 Å². The molecule has 1 saturated carbocycles. The molecule has 0 heterocycles. The largest absolute Gasteiger partial charge is 0.394 e. The van der Waals surface area contributed by atoms with Crippen molar-refractivity contribution in [3.8, 4) is 0 Å². The molecule has 13 N–H and O–H groups in total. The molecule has 8 atom stereocenters. The van der Waals surface area contributed by atoms with Crippen LogP contribution < -0.4 is 10.6 Å². The van der Waals surface area contributed by atoms with E-state index in [0.717, 1.165) is 0 Å². The average molecular weight is 793 g/mol. The second-order valence-electron chi connectivity index (χ2n) is 12.2. The number of hydrogen-bond acceptors (Lipinski definition) is 15. The van der Waals surface area contributed by atoms with Gasteiger partial charge in [-0.3, -0.25) is 15.1 Å². The first-order valence-corrected chi connectivity index (χ1v) is 16.9. The van der Waals surface area contributed by atoms with Gasteiger partial charge in [-0.05, 0) is 67.8 Å². The summed E-state index contributed by atoms with van der Waals surface area (Å²) < 4.78 is 0. The van der Waals surface area contributed by atoms with Crippen LogP contribution in [0.2, 0.25) is 10.0 Å². The summed E-state index contributed by atoms with van der Waals surface area (Å²) in [5.41, 5.74) is 0.622. The molecule has 0 amide bonds. The summed E-state index contributed by atoms with van der Waals surface area (Å²) in [6, 6.07) is 11.9. The van der Waals surface area contributed by atoms with Gasteiger partial charge in [0.25, 0.3) is 5.96 Å². The maximum absolute atomic E-state index is 13.8. The Morgan fingerprint density at radius 3 is 1.77 bits per heavy atom. The fraction of sp³-hybridized carbons (Fsp3) is 0.500. The van der Waals surface area contributed by atoms with E-state index in [-0.39, 0.29) is 29.4 Å². The number of rotatable bonds is 11. The predicted octanol–water partition coefficient (Wildman–Crippen LogP) is -1.43. The Balaban J connectivity index is 2.10. The number of guanidine groups is 2. The predicted molar refractivity (Wildman–Crippen MR) is 186 cm³/mol. The van der Waals surface area contributed by atoms with Crippen LogP contribution in [0.25, 0.3) is 0 Å². The number of hydrogen-bond donors (Lipinski definition) is 12. The molecule has 0 spiro atoms. The van der Waals surface area contributed by atoms with Gasteiger partial charge in [0.2, 0.25) is 5.96 Å². The number of hydroxylamine groups is 2. The number of anilines is 2. The highest BCUT2D eigenvalue weighted by molar-refractivity contribution is 6.31. The molecule has 1 aliphatic carbocycles. The molecular weight excluding hydrogens is 749 g/mol. The molecule has 0 bridgehead atoms. The standard InChI is InChI=1S/C32H43Cl2N5O14/c33-17-5-9-19(10-6-17)38(20-11-7-18(34)8-12-20)29(35)37-30(36)39(52-27(48)25(46)24(45)23(44)21(42)15-40)53-28(49)32(51)14-4-2-1-3-13-31(32,50)26(47)22(43)16-41/h5-12,21-26,40-47,50-51H,1-4,13-16H2,(H3,35,36,37). The number of aliphatic hydroxyl groups is 10. The van der Waals surface area contributed by atoms with Gasteiger partial charge in [0, 0.05) is 26.6 Å². The Morgan fingerprint density at radius 2 is 1.28 bits per heavy atom. The molecule has 53 heavy (non-hydrogen) atoms. The van der Waals surface area contributed by atoms with Crippen molar-refractivity contribution in [2.45, 2.75) is 86.4 Å². The maximum Gasteiger partial charge on any atom is 0.370 e. The van der Waals surface area contributed by atoms with Gasteiger partial charge in [-0.1, -0.05) is 42.5 Å². The van der Waals surface area contributed by atoms with Crippen LogP contribution in [-0.4, -0.2) is 141 Å². The first kappa shape index (κ1) is 43.7. The van der Waals surface area contributed by atoms with E-state index in [1.807, 2.05) is 0 Å². The van der Waals surface area contributed by atoms with Gasteiger partial charge < -0.3 is 61.6 Å². The summed E-state index contributed by atoms with van der Waals surface area (Å²) in [5.74, 6) is -5.71. The molecule has 8 unspecified atom stereocenters. The minimum absolute atomic E-state index is 0.0526. The van der Waals surface area contributed by atoms with E-state index >= 15 is 0 Å². The van der Waals surface area contributed by atoms with Gasteiger partial charge in [0.15, 0.2) is 11.7 Å². The van der Waals surface area contributed by atoms with Gasteiger partial charge >= 0.3 is 11.9 Å². The summed E-state index contributed by atoms with van der Waals surface area (Å²) in [6.07, 6.45) is -14.0. The Labute approximate surface area is 312 Å². The number of nitrogens with zero attached hydrogens (tertiary/aromatic N) is 3. The summed E-state index contributed by atoms with van der Waals surface area (Å²) in [4.78, 5) is 41.9. The first-order chi connectivity index (χ1) is 24.9. The van der Waals surface area contributed by atoms with Gasteiger partial charge in [-0.25, -0.2) is 9.59 Å². The molecule has 0 radical (unpaired) electrons. The topological polar surface area (TPSA) is 324 Å². The number of nitrogens with two attached hydrogens (primary N) is 1. The minimum atomic E-state index is -3.11. The van der Waals surface area contributed by atoms with E-state index < -0.39 is 97.7 Å². The molecule has 19 nitrogen and oxygen atoms in total. The highest BCUT2D eigenvalue weighted by Gasteiger charge is 2.61. The fourth-order valence-corrected chi connectivity index (χ4v) is 5.73. The highest BCUT2D eigenvalue weighted by Crippen LogP contribution is 2.40. The van der Waals surface area contributed by atoms with Crippen LogP contribution >= 0.6 is 23.2 Å². The minimum Gasteiger partial charge on any atom is -0.394 e. The zero-order valence-corrected chi connectivity index (χ0v) is 29.5. The lowest BCUT2D eigenvalue weighted by molar-refractivity contribution is -0.310. The number of halogens is 2. The molecule has 2 aromatic carbocycles. The number of nitrogens with one attached hydrogen (secondary N) is 1. The number of carbonyl (C=O) groups excluding carboxylic acids is 2. The van der Waals surface area contributed by atoms with E-state index in [2.05, 4.69) is 4.99 Å². The van der Waals surface area contributed by atoms with Crippen LogP contribution in [0.5, 0.6) is 0 Å². The second-order valence-corrected chi connectivity index (χ2v) is 13.1. The van der Waals surface area contributed by atoms with Crippen LogP contribution in [-0.2, 0) is 19.3 Å². The summed E-state index contributed by atoms with van der Waals surface area (Å²) in [7, 11) is 0. The van der Waals surface area contributed by atoms with Crippen molar-refractivity contribution in [2.24, 2.45) is 10.7 Å². The summed E-state index contributed by atoms with van der Waals surface area (Å²) >= 11 is 12.1. The van der Waals surface area contributed by atoms with Gasteiger partial charge in [0.1, 0.15) is 36.1 Å².